The van der Waals surface area contributed by atoms with Crippen LogP contribution in [0, 0.1) is 11.8 Å². The minimum Gasteiger partial charge on any atom is -0.493 e. The molecule has 0 aromatic heterocycles. The van der Waals surface area contributed by atoms with E-state index in [9.17, 15) is 19.5 Å². The topological polar surface area (TPSA) is 102 Å². The molecule has 1 amide bonds. The first-order valence-corrected chi connectivity index (χ1v) is 9.01. The highest BCUT2D eigenvalue weighted by Gasteiger charge is 2.58. The molecule has 0 radical (unpaired) electrons. The van der Waals surface area contributed by atoms with E-state index in [0.717, 1.165) is 0 Å². The van der Waals surface area contributed by atoms with E-state index in [4.69, 9.17) is 9.47 Å². The molecule has 0 aliphatic heterocycles. The molecule has 2 N–H and O–H groups in total. The Kier molecular flexibility index (Phi) is 5.12. The van der Waals surface area contributed by atoms with Crippen LogP contribution in [0.15, 0.2) is 35.9 Å². The van der Waals surface area contributed by atoms with Crippen LogP contribution in [-0.2, 0) is 20.0 Å². The van der Waals surface area contributed by atoms with Crippen molar-refractivity contribution in [3.05, 3.63) is 41.5 Å². The lowest BCUT2D eigenvalue weighted by Gasteiger charge is -2.25. The van der Waals surface area contributed by atoms with Crippen molar-refractivity contribution >= 4 is 23.2 Å². The Balaban J connectivity index is 2.20. The lowest BCUT2D eigenvalue weighted by molar-refractivity contribution is -0.146. The molecule has 1 fully saturated rings. The van der Waals surface area contributed by atoms with Crippen molar-refractivity contribution in [3.8, 4) is 11.5 Å². The average Bonchev–Trinajstić information content (AvgIpc) is 2.89. The van der Waals surface area contributed by atoms with Crippen LogP contribution in [-0.4, -0.2) is 36.8 Å². The number of aliphatic hydroxyl groups is 1. The fourth-order valence-corrected chi connectivity index (χ4v) is 3.50. The lowest BCUT2D eigenvalue weighted by atomic mass is 9.86. The van der Waals surface area contributed by atoms with Gasteiger partial charge in [0, 0.05) is 23.1 Å². The Hall–Kier alpha value is -2.93. The van der Waals surface area contributed by atoms with Crippen LogP contribution in [0.25, 0.3) is 0 Å². The van der Waals surface area contributed by atoms with Crippen LogP contribution in [0.2, 0.25) is 0 Å². The summed E-state index contributed by atoms with van der Waals surface area (Å²) in [6.45, 7) is 3.42. The lowest BCUT2D eigenvalue weighted by Crippen LogP contribution is -2.40. The van der Waals surface area contributed by atoms with Gasteiger partial charge in [0.05, 0.1) is 25.8 Å². The summed E-state index contributed by atoms with van der Waals surface area (Å²) in [7, 11) is 2.83. The third-order valence-electron chi connectivity index (χ3n) is 5.12. The molecular formula is C21H23NO6. The van der Waals surface area contributed by atoms with Gasteiger partial charge in [0.15, 0.2) is 17.3 Å². The highest BCUT2D eigenvalue weighted by molar-refractivity contribution is 6.27. The van der Waals surface area contributed by atoms with Crippen molar-refractivity contribution in [1.82, 2.24) is 0 Å². The fraction of sp³-hybridized carbons (Fsp3) is 0.381. The molecular weight excluding hydrogens is 362 g/mol. The van der Waals surface area contributed by atoms with E-state index < -0.39 is 23.1 Å². The number of hydrogen-bond acceptors (Lipinski definition) is 6. The minimum atomic E-state index is -2.40. The summed E-state index contributed by atoms with van der Waals surface area (Å²) in [6, 6.07) is 2.82. The molecule has 0 bridgehead atoms. The molecule has 0 spiro atoms. The van der Waals surface area contributed by atoms with Crippen molar-refractivity contribution in [3.63, 3.8) is 0 Å². The average molecular weight is 385 g/mol. The number of fused-ring (bicyclic) bond motifs is 1. The molecule has 148 valence electrons. The monoisotopic (exact) mass is 385 g/mol. The van der Waals surface area contributed by atoms with Gasteiger partial charge in [-0.15, -0.1) is 0 Å². The normalized spacial score (nSPS) is 23.5. The number of rotatable bonds is 5. The number of ether oxygens (including phenoxy) is 2. The van der Waals surface area contributed by atoms with Gasteiger partial charge in [0.25, 0.3) is 0 Å². The number of anilines is 1. The van der Waals surface area contributed by atoms with Crippen molar-refractivity contribution in [2.45, 2.75) is 25.9 Å². The Labute approximate surface area is 163 Å². The van der Waals surface area contributed by atoms with Crippen molar-refractivity contribution in [2.75, 3.05) is 19.5 Å². The summed E-state index contributed by atoms with van der Waals surface area (Å²) in [5.41, 5.74) is -2.02. The maximum absolute atomic E-state index is 13.1. The van der Waals surface area contributed by atoms with Crippen LogP contribution in [0.4, 0.5) is 5.69 Å². The second-order valence-corrected chi connectivity index (χ2v) is 7.14. The maximum Gasteiger partial charge on any atom is 0.226 e. The van der Waals surface area contributed by atoms with E-state index in [-0.39, 0.29) is 34.4 Å². The number of ketones is 2. The minimum absolute atomic E-state index is 0.0237. The Morgan fingerprint density at radius 2 is 1.86 bits per heavy atom. The van der Waals surface area contributed by atoms with E-state index >= 15 is 0 Å². The standard InChI is InChI=1S/C21H23NO6/c1-11(2)20(25)22-15-10-17(28-4)16(27-3)9-14(15)21(26)18(23)12-7-5-6-8-13(12)19(21)24/h5-7,9-11,13,26H,8H2,1-4H3,(H,22,25). The quantitative estimate of drug-likeness (QED) is 0.753. The molecule has 7 nitrogen and oxygen atoms in total. The second kappa shape index (κ2) is 7.24. The van der Waals surface area contributed by atoms with Crippen LogP contribution < -0.4 is 14.8 Å². The first-order valence-electron chi connectivity index (χ1n) is 9.01. The summed E-state index contributed by atoms with van der Waals surface area (Å²) >= 11 is 0. The summed E-state index contributed by atoms with van der Waals surface area (Å²) < 4.78 is 10.5. The molecule has 28 heavy (non-hydrogen) atoms. The Morgan fingerprint density at radius 1 is 1.21 bits per heavy atom. The molecule has 0 saturated heterocycles. The molecule has 2 aliphatic carbocycles. The van der Waals surface area contributed by atoms with E-state index in [2.05, 4.69) is 5.32 Å². The number of carbonyl (C=O) groups is 3. The summed E-state index contributed by atoms with van der Waals surface area (Å²) in [6.07, 6.45) is 5.37. The van der Waals surface area contributed by atoms with Gasteiger partial charge in [-0.2, -0.15) is 0 Å². The number of amides is 1. The van der Waals surface area contributed by atoms with E-state index in [1.165, 1.54) is 26.4 Å². The third kappa shape index (κ3) is 2.92. The smallest absolute Gasteiger partial charge is 0.226 e. The van der Waals surface area contributed by atoms with Gasteiger partial charge in [0.2, 0.25) is 17.3 Å². The predicted octanol–water partition coefficient (Wildman–Crippen LogP) is 2.14. The van der Waals surface area contributed by atoms with Gasteiger partial charge >= 0.3 is 0 Å². The molecule has 1 saturated carbocycles. The zero-order valence-corrected chi connectivity index (χ0v) is 16.2. The first-order chi connectivity index (χ1) is 13.2. The van der Waals surface area contributed by atoms with E-state index in [1.54, 1.807) is 32.1 Å². The Morgan fingerprint density at radius 3 is 2.43 bits per heavy atom. The fourth-order valence-electron chi connectivity index (χ4n) is 3.50. The van der Waals surface area contributed by atoms with Gasteiger partial charge in [-0.05, 0) is 12.5 Å². The highest BCUT2D eigenvalue weighted by Crippen LogP contribution is 2.47. The van der Waals surface area contributed by atoms with Gasteiger partial charge < -0.3 is 19.9 Å². The number of allylic oxidation sites excluding steroid dienone is 3. The zero-order valence-electron chi connectivity index (χ0n) is 16.2. The number of carbonyl (C=O) groups excluding carboxylic acids is 3. The van der Waals surface area contributed by atoms with Gasteiger partial charge in [-0.25, -0.2) is 0 Å². The van der Waals surface area contributed by atoms with Gasteiger partial charge in [-0.1, -0.05) is 32.1 Å². The number of nitrogens with one attached hydrogen (secondary N) is 1. The molecule has 2 unspecified atom stereocenters. The molecule has 1 aromatic rings. The molecule has 1 aromatic carbocycles. The highest BCUT2D eigenvalue weighted by atomic mass is 16.5. The van der Waals surface area contributed by atoms with Crippen LogP contribution in [0.3, 0.4) is 0 Å². The van der Waals surface area contributed by atoms with Crippen molar-refractivity contribution in [1.29, 1.82) is 0 Å². The summed E-state index contributed by atoms with van der Waals surface area (Å²) in [4.78, 5) is 38.4. The molecule has 2 aliphatic rings. The predicted molar refractivity (Wildman–Crippen MR) is 102 cm³/mol. The summed E-state index contributed by atoms with van der Waals surface area (Å²) in [5.74, 6) is -2.14. The van der Waals surface area contributed by atoms with E-state index in [1.807, 2.05) is 0 Å². The maximum atomic E-state index is 13.1. The Bertz CT molecular complexity index is 914. The van der Waals surface area contributed by atoms with Crippen LogP contribution >= 0.6 is 0 Å². The van der Waals surface area contributed by atoms with Crippen molar-refractivity contribution in [2.24, 2.45) is 11.8 Å². The largest absolute Gasteiger partial charge is 0.493 e. The zero-order chi connectivity index (χ0) is 20.6. The van der Waals surface area contributed by atoms with Gasteiger partial charge in [0.1, 0.15) is 0 Å². The number of methoxy groups -OCH3 is 2. The number of hydrogen-bond donors (Lipinski definition) is 2. The second-order valence-electron chi connectivity index (χ2n) is 7.14. The molecule has 0 heterocycles. The molecule has 7 heteroatoms. The number of Topliss-reactive ketones (excluding diaryl/α,β-unsaturated/α-hetero) is 2. The third-order valence-corrected chi connectivity index (χ3v) is 5.12. The first kappa shape index (κ1) is 19.8. The van der Waals surface area contributed by atoms with E-state index in [0.29, 0.717) is 12.2 Å². The van der Waals surface area contributed by atoms with Crippen LogP contribution in [0.1, 0.15) is 25.8 Å². The summed E-state index contributed by atoms with van der Waals surface area (Å²) in [5, 5.41) is 14.0. The SMILES string of the molecule is COc1cc(NC(=O)C(C)C)c(C2(O)C(=O)C3=CC=CCC3C2=O)cc1OC. The van der Waals surface area contributed by atoms with Crippen LogP contribution in [0.5, 0.6) is 11.5 Å². The van der Waals surface area contributed by atoms with Crippen molar-refractivity contribution < 1.29 is 29.0 Å². The molecule has 2 atom stereocenters. The molecule has 3 rings (SSSR count). The van der Waals surface area contributed by atoms with Gasteiger partial charge in [-0.3, -0.25) is 14.4 Å². The number of benzene rings is 1.